The van der Waals surface area contributed by atoms with Gasteiger partial charge in [-0.15, -0.1) is 0 Å². The molecule has 0 atom stereocenters. The van der Waals surface area contributed by atoms with Crippen LogP contribution >= 0.6 is 15.9 Å². The van der Waals surface area contributed by atoms with Crippen molar-refractivity contribution in [3.8, 4) is 5.75 Å². The van der Waals surface area contributed by atoms with Crippen LogP contribution in [0.4, 0.5) is 15.8 Å². The molecule has 0 saturated carbocycles. The van der Waals surface area contributed by atoms with E-state index in [9.17, 15) is 14.0 Å². The molecule has 2 aromatic rings. The summed E-state index contributed by atoms with van der Waals surface area (Å²) in [6.07, 6.45) is 1.40. The Morgan fingerprint density at radius 1 is 1.28 bits per heavy atom. The molecule has 0 unspecified atom stereocenters. The molecule has 3 rings (SSSR count). The van der Waals surface area contributed by atoms with Crippen molar-refractivity contribution in [3.63, 3.8) is 0 Å². The molecule has 0 spiro atoms. The molecule has 1 heterocycles. The number of ether oxygens (including phenoxy) is 1. The summed E-state index contributed by atoms with van der Waals surface area (Å²) in [5.41, 5.74) is 1.35. The Morgan fingerprint density at radius 3 is 2.84 bits per heavy atom. The van der Waals surface area contributed by atoms with E-state index in [4.69, 9.17) is 4.74 Å². The van der Waals surface area contributed by atoms with Crippen molar-refractivity contribution in [1.29, 1.82) is 0 Å². The Bertz CT molecular complexity index is 813. The molecule has 0 radical (unpaired) electrons. The summed E-state index contributed by atoms with van der Waals surface area (Å²) in [4.78, 5) is 25.6. The van der Waals surface area contributed by atoms with E-state index >= 15 is 0 Å². The second-order valence-electron chi connectivity index (χ2n) is 5.61. The number of carbonyl (C=O) groups is 2. The number of amides is 2. The quantitative estimate of drug-likeness (QED) is 0.822. The first-order chi connectivity index (χ1) is 12.0. The average molecular weight is 407 g/mol. The summed E-state index contributed by atoms with van der Waals surface area (Å²) in [6, 6.07) is 11.1. The van der Waals surface area contributed by atoms with Gasteiger partial charge in [-0.3, -0.25) is 9.59 Å². The minimum Gasteiger partial charge on any atom is -0.483 e. The van der Waals surface area contributed by atoms with Gasteiger partial charge in [-0.05, 0) is 58.7 Å². The molecule has 0 aliphatic carbocycles. The van der Waals surface area contributed by atoms with E-state index in [-0.39, 0.29) is 18.4 Å². The van der Waals surface area contributed by atoms with Gasteiger partial charge in [0, 0.05) is 24.3 Å². The molecule has 1 aliphatic heterocycles. The minimum atomic E-state index is -0.392. The van der Waals surface area contributed by atoms with Crippen molar-refractivity contribution in [2.75, 3.05) is 23.4 Å². The summed E-state index contributed by atoms with van der Waals surface area (Å²) in [5, 5.41) is 2.73. The normalized spacial score (nSPS) is 13.8. The maximum atomic E-state index is 13.0. The fourth-order valence-electron chi connectivity index (χ4n) is 2.61. The lowest BCUT2D eigenvalue weighted by molar-refractivity contribution is -0.118. The third kappa shape index (κ3) is 4.36. The van der Waals surface area contributed by atoms with E-state index in [1.54, 1.807) is 23.1 Å². The van der Waals surface area contributed by atoms with Gasteiger partial charge in [0.05, 0.1) is 4.47 Å². The molecule has 1 aliphatic rings. The summed E-state index contributed by atoms with van der Waals surface area (Å²) < 4.78 is 18.9. The Morgan fingerprint density at radius 2 is 2.12 bits per heavy atom. The maximum Gasteiger partial charge on any atom is 0.262 e. The summed E-state index contributed by atoms with van der Waals surface area (Å²) in [6.45, 7) is 0.481. The monoisotopic (exact) mass is 406 g/mol. The molecule has 0 bridgehead atoms. The van der Waals surface area contributed by atoms with Crippen molar-refractivity contribution in [2.24, 2.45) is 0 Å². The van der Waals surface area contributed by atoms with Crippen molar-refractivity contribution in [2.45, 2.75) is 12.8 Å². The van der Waals surface area contributed by atoms with Crippen LogP contribution in [-0.4, -0.2) is 25.0 Å². The van der Waals surface area contributed by atoms with Gasteiger partial charge in [-0.1, -0.05) is 6.07 Å². The van der Waals surface area contributed by atoms with Crippen molar-refractivity contribution < 1.29 is 18.7 Å². The first-order valence-electron chi connectivity index (χ1n) is 7.81. The van der Waals surface area contributed by atoms with Crippen LogP contribution in [0.25, 0.3) is 0 Å². The van der Waals surface area contributed by atoms with Gasteiger partial charge in [0.25, 0.3) is 5.91 Å². The first-order valence-corrected chi connectivity index (χ1v) is 8.60. The molecule has 2 amide bonds. The van der Waals surface area contributed by atoms with Crippen LogP contribution < -0.4 is 15.0 Å². The number of anilines is 2. The zero-order valence-electron chi connectivity index (χ0n) is 13.3. The van der Waals surface area contributed by atoms with Gasteiger partial charge in [-0.25, -0.2) is 4.39 Å². The molecule has 1 fully saturated rings. The number of hydrogen-bond donors (Lipinski definition) is 1. The van der Waals surface area contributed by atoms with Crippen LogP contribution in [0.15, 0.2) is 46.9 Å². The minimum absolute atomic E-state index is 0.0907. The highest BCUT2D eigenvalue weighted by molar-refractivity contribution is 9.10. The number of hydrogen-bond acceptors (Lipinski definition) is 3. The van der Waals surface area contributed by atoms with E-state index < -0.39 is 5.82 Å². The third-order valence-electron chi connectivity index (χ3n) is 3.77. The molecule has 1 saturated heterocycles. The van der Waals surface area contributed by atoms with E-state index in [1.807, 2.05) is 6.07 Å². The van der Waals surface area contributed by atoms with Gasteiger partial charge >= 0.3 is 0 Å². The highest BCUT2D eigenvalue weighted by Crippen LogP contribution is 2.26. The average Bonchev–Trinajstić information content (AvgIpc) is 3.00. The standard InChI is InChI=1S/C18H16BrFN2O3/c19-15-9-12(20)6-7-16(15)25-11-17(23)21-13-3-1-4-14(10-13)22-8-2-5-18(22)24/h1,3-4,6-7,9-10H,2,5,8,11H2,(H,21,23). The van der Waals surface area contributed by atoms with Crippen LogP contribution in [0.3, 0.4) is 0 Å². The van der Waals surface area contributed by atoms with Crippen LogP contribution in [0.5, 0.6) is 5.75 Å². The molecule has 0 aromatic heterocycles. The lowest BCUT2D eigenvalue weighted by atomic mass is 10.2. The van der Waals surface area contributed by atoms with Gasteiger partial charge in [-0.2, -0.15) is 0 Å². The molecular weight excluding hydrogens is 391 g/mol. The molecule has 2 aromatic carbocycles. The first kappa shape index (κ1) is 17.4. The van der Waals surface area contributed by atoms with E-state index in [2.05, 4.69) is 21.2 Å². The number of nitrogens with zero attached hydrogens (tertiary/aromatic N) is 1. The largest absolute Gasteiger partial charge is 0.483 e. The predicted octanol–water partition coefficient (Wildman–Crippen LogP) is 3.73. The second kappa shape index (κ2) is 7.65. The number of carbonyl (C=O) groups excluding carboxylic acids is 2. The van der Waals surface area contributed by atoms with Gasteiger partial charge < -0.3 is 15.0 Å². The van der Waals surface area contributed by atoms with E-state index in [1.165, 1.54) is 18.2 Å². The Labute approximate surface area is 152 Å². The molecule has 1 N–H and O–H groups in total. The van der Waals surface area contributed by atoms with E-state index in [0.717, 1.165) is 12.1 Å². The van der Waals surface area contributed by atoms with Crippen molar-refractivity contribution in [3.05, 3.63) is 52.8 Å². The van der Waals surface area contributed by atoms with Gasteiger partial charge in [0.2, 0.25) is 5.91 Å². The molecule has 25 heavy (non-hydrogen) atoms. The Balaban J connectivity index is 1.60. The molecule has 130 valence electrons. The topological polar surface area (TPSA) is 58.6 Å². The highest BCUT2D eigenvalue weighted by atomic mass is 79.9. The van der Waals surface area contributed by atoms with Crippen molar-refractivity contribution in [1.82, 2.24) is 0 Å². The van der Waals surface area contributed by atoms with Crippen LogP contribution in [-0.2, 0) is 9.59 Å². The Hall–Kier alpha value is -2.41. The smallest absolute Gasteiger partial charge is 0.262 e. The fourth-order valence-corrected chi connectivity index (χ4v) is 3.07. The van der Waals surface area contributed by atoms with Gasteiger partial charge in [0.15, 0.2) is 6.61 Å². The summed E-state index contributed by atoms with van der Waals surface area (Å²) in [7, 11) is 0. The summed E-state index contributed by atoms with van der Waals surface area (Å²) in [5.74, 6) is -0.265. The lowest BCUT2D eigenvalue weighted by Gasteiger charge is -2.17. The number of nitrogens with one attached hydrogen (secondary N) is 1. The van der Waals surface area contributed by atoms with Gasteiger partial charge in [0.1, 0.15) is 11.6 Å². The molecular formula is C18H16BrFN2O3. The van der Waals surface area contributed by atoms with Crippen LogP contribution in [0.1, 0.15) is 12.8 Å². The molecule has 5 nitrogen and oxygen atoms in total. The van der Waals surface area contributed by atoms with E-state index in [0.29, 0.717) is 28.9 Å². The van der Waals surface area contributed by atoms with Crippen molar-refractivity contribution >= 4 is 39.1 Å². The SMILES string of the molecule is O=C(COc1ccc(F)cc1Br)Nc1cccc(N2CCCC2=O)c1. The fraction of sp³-hybridized carbons (Fsp3) is 0.222. The highest BCUT2D eigenvalue weighted by Gasteiger charge is 2.21. The third-order valence-corrected chi connectivity index (χ3v) is 4.39. The number of rotatable bonds is 5. The van der Waals surface area contributed by atoms with Crippen LogP contribution in [0, 0.1) is 5.82 Å². The summed E-state index contributed by atoms with van der Waals surface area (Å²) >= 11 is 3.18. The maximum absolute atomic E-state index is 13.0. The van der Waals surface area contributed by atoms with Crippen LogP contribution in [0.2, 0.25) is 0 Å². The zero-order chi connectivity index (χ0) is 17.8. The zero-order valence-corrected chi connectivity index (χ0v) is 14.9. The molecule has 7 heteroatoms. The number of benzene rings is 2. The number of halogens is 2. The predicted molar refractivity (Wildman–Crippen MR) is 96.3 cm³/mol. The Kier molecular flexibility index (Phi) is 5.33. The second-order valence-corrected chi connectivity index (χ2v) is 6.47. The lowest BCUT2D eigenvalue weighted by Crippen LogP contribution is -2.24.